The van der Waals surface area contributed by atoms with E-state index in [0.717, 1.165) is 30.5 Å². The zero-order valence-electron chi connectivity index (χ0n) is 19.3. The Morgan fingerprint density at radius 2 is 2.03 bits per heavy atom. The van der Waals surface area contributed by atoms with Gasteiger partial charge in [-0.25, -0.2) is 0 Å². The zero-order chi connectivity index (χ0) is 24.1. The fourth-order valence-electron chi connectivity index (χ4n) is 4.59. The molecule has 1 saturated carbocycles. The summed E-state index contributed by atoms with van der Waals surface area (Å²) in [5.74, 6) is 1.49. The summed E-state index contributed by atoms with van der Waals surface area (Å²) in [6, 6.07) is 15.9. The molecule has 178 valence electrons. The third kappa shape index (κ3) is 5.37. The number of nitrogens with zero attached hydrogens (tertiary/aromatic N) is 2. The SMILES string of the molecule is COc1cc(/C=C2\SC(Nc3ccccc3)N([C@H]3CCCC[C@H]3C)C2=O)cc(Br)c1OCC#N. The highest BCUT2D eigenvalue weighted by atomic mass is 79.9. The summed E-state index contributed by atoms with van der Waals surface area (Å²) in [5, 5.41) is 12.4. The average molecular weight is 542 g/mol. The molecular weight excluding hydrogens is 514 g/mol. The van der Waals surface area contributed by atoms with E-state index in [1.807, 2.05) is 59.5 Å². The molecule has 34 heavy (non-hydrogen) atoms. The topological polar surface area (TPSA) is 74.6 Å². The minimum Gasteiger partial charge on any atom is -0.493 e. The van der Waals surface area contributed by atoms with Crippen molar-refractivity contribution in [2.75, 3.05) is 19.0 Å². The maximum absolute atomic E-state index is 13.7. The second-order valence-electron chi connectivity index (χ2n) is 8.51. The van der Waals surface area contributed by atoms with Gasteiger partial charge in [-0.3, -0.25) is 4.79 Å². The van der Waals surface area contributed by atoms with E-state index in [4.69, 9.17) is 14.7 Å². The number of amides is 1. The fraction of sp³-hybridized carbons (Fsp3) is 0.385. The van der Waals surface area contributed by atoms with Gasteiger partial charge >= 0.3 is 0 Å². The number of methoxy groups -OCH3 is 1. The van der Waals surface area contributed by atoms with Gasteiger partial charge in [-0.1, -0.05) is 49.7 Å². The van der Waals surface area contributed by atoms with Gasteiger partial charge in [0.2, 0.25) is 0 Å². The number of thioether (sulfide) groups is 1. The Kier molecular flexibility index (Phi) is 8.07. The van der Waals surface area contributed by atoms with E-state index in [0.29, 0.717) is 26.8 Å². The van der Waals surface area contributed by atoms with Crippen LogP contribution in [0.4, 0.5) is 5.69 Å². The number of nitrogens with one attached hydrogen (secondary N) is 1. The van der Waals surface area contributed by atoms with Crippen LogP contribution in [-0.2, 0) is 4.79 Å². The van der Waals surface area contributed by atoms with Crippen molar-refractivity contribution >= 4 is 45.4 Å². The molecule has 0 bridgehead atoms. The summed E-state index contributed by atoms with van der Waals surface area (Å²) in [7, 11) is 1.55. The van der Waals surface area contributed by atoms with E-state index in [1.165, 1.54) is 6.42 Å². The molecule has 1 heterocycles. The molecule has 0 radical (unpaired) electrons. The van der Waals surface area contributed by atoms with Crippen molar-refractivity contribution in [1.29, 1.82) is 5.26 Å². The quantitative estimate of drug-likeness (QED) is 0.417. The highest BCUT2D eigenvalue weighted by molar-refractivity contribution is 9.10. The van der Waals surface area contributed by atoms with Crippen molar-refractivity contribution in [2.45, 2.75) is 44.1 Å². The van der Waals surface area contributed by atoms with E-state index in [2.05, 4.69) is 28.2 Å². The number of nitriles is 1. The second-order valence-corrected chi connectivity index (χ2v) is 10.5. The molecule has 3 atom stereocenters. The molecule has 1 aliphatic carbocycles. The molecule has 4 rings (SSSR count). The van der Waals surface area contributed by atoms with Crippen molar-refractivity contribution in [3.63, 3.8) is 0 Å². The standard InChI is InChI=1S/C26H28BrN3O3S/c1-17-8-6-7-11-21(17)30-25(31)23(34-26(30)29-19-9-4-3-5-10-19)16-18-14-20(27)24(33-13-12-28)22(15-18)32-2/h3-5,9-10,14-17,21,26,29H,6-8,11,13H2,1-2H3/b23-16-/t17-,21+,26?/m1/s1. The first-order valence-electron chi connectivity index (χ1n) is 11.4. The molecule has 0 spiro atoms. The number of rotatable bonds is 7. The number of halogens is 1. The number of carbonyl (C=O) groups is 1. The molecule has 2 aromatic rings. The van der Waals surface area contributed by atoms with Crippen molar-refractivity contribution in [2.24, 2.45) is 5.92 Å². The Hall–Kier alpha value is -2.63. The lowest BCUT2D eigenvalue weighted by Gasteiger charge is -2.39. The van der Waals surface area contributed by atoms with Gasteiger partial charge in [0.1, 0.15) is 6.07 Å². The molecule has 6 nitrogen and oxygen atoms in total. The van der Waals surface area contributed by atoms with Crippen molar-refractivity contribution in [3.8, 4) is 17.6 Å². The summed E-state index contributed by atoms with van der Waals surface area (Å²) in [4.78, 5) is 16.4. The van der Waals surface area contributed by atoms with Crippen molar-refractivity contribution < 1.29 is 14.3 Å². The zero-order valence-corrected chi connectivity index (χ0v) is 21.7. The Labute approximate surface area is 213 Å². The maximum Gasteiger partial charge on any atom is 0.262 e. The predicted octanol–water partition coefficient (Wildman–Crippen LogP) is 6.25. The normalized spacial score (nSPS) is 23.6. The molecule has 0 aromatic heterocycles. The van der Waals surface area contributed by atoms with Crippen LogP contribution >= 0.6 is 27.7 Å². The third-order valence-corrected chi connectivity index (χ3v) is 7.96. The van der Waals surface area contributed by atoms with Gasteiger partial charge in [0.15, 0.2) is 23.6 Å². The molecule has 1 unspecified atom stereocenters. The number of carbonyl (C=O) groups excluding carboxylic acids is 1. The van der Waals surface area contributed by atoms with E-state index >= 15 is 0 Å². The number of benzene rings is 2. The first kappa shape index (κ1) is 24.5. The van der Waals surface area contributed by atoms with Gasteiger partial charge in [0, 0.05) is 11.7 Å². The summed E-state index contributed by atoms with van der Waals surface area (Å²) < 4.78 is 11.6. The fourth-order valence-corrected chi connectivity index (χ4v) is 6.37. The first-order chi connectivity index (χ1) is 16.5. The third-order valence-electron chi connectivity index (χ3n) is 6.25. The molecule has 8 heteroatoms. The van der Waals surface area contributed by atoms with Gasteiger partial charge in [0.25, 0.3) is 5.91 Å². The van der Waals surface area contributed by atoms with Crippen LogP contribution in [0.1, 0.15) is 38.2 Å². The molecular formula is C26H28BrN3O3S. The van der Waals surface area contributed by atoms with E-state index in [9.17, 15) is 4.79 Å². The molecule has 1 aliphatic heterocycles. The maximum atomic E-state index is 13.7. The number of anilines is 1. The van der Waals surface area contributed by atoms with Crippen LogP contribution in [0.15, 0.2) is 51.8 Å². The first-order valence-corrected chi connectivity index (χ1v) is 13.1. The Balaban J connectivity index is 1.66. The Bertz CT molecular complexity index is 1100. The molecule has 2 fully saturated rings. The highest BCUT2D eigenvalue weighted by Gasteiger charge is 2.42. The van der Waals surface area contributed by atoms with Crippen LogP contribution in [0.2, 0.25) is 0 Å². The van der Waals surface area contributed by atoms with Crippen molar-refractivity contribution in [3.05, 3.63) is 57.4 Å². The molecule has 1 saturated heterocycles. The lowest BCUT2D eigenvalue weighted by Crippen LogP contribution is -2.48. The number of para-hydroxylation sites is 1. The average Bonchev–Trinajstić information content (AvgIpc) is 3.13. The summed E-state index contributed by atoms with van der Waals surface area (Å²) >= 11 is 5.06. The smallest absolute Gasteiger partial charge is 0.262 e. The van der Waals surface area contributed by atoms with Crippen LogP contribution in [0, 0.1) is 17.2 Å². The van der Waals surface area contributed by atoms with Gasteiger partial charge in [0.05, 0.1) is 16.5 Å². The van der Waals surface area contributed by atoms with Gasteiger partial charge in [-0.2, -0.15) is 5.26 Å². The molecule has 1 N–H and O–H groups in total. The Morgan fingerprint density at radius 1 is 1.26 bits per heavy atom. The molecule has 1 amide bonds. The van der Waals surface area contributed by atoms with Gasteiger partial charge in [-0.15, -0.1) is 0 Å². The minimum atomic E-state index is -0.171. The van der Waals surface area contributed by atoms with Crippen LogP contribution in [0.25, 0.3) is 6.08 Å². The van der Waals surface area contributed by atoms with Gasteiger partial charge in [-0.05, 0) is 70.6 Å². The number of hydrogen-bond acceptors (Lipinski definition) is 6. The van der Waals surface area contributed by atoms with Crippen LogP contribution < -0.4 is 14.8 Å². The number of ether oxygens (including phenoxy) is 2. The summed E-state index contributed by atoms with van der Waals surface area (Å²) in [6.45, 7) is 2.18. The second kappa shape index (κ2) is 11.2. The summed E-state index contributed by atoms with van der Waals surface area (Å²) in [6.07, 6.45) is 6.44. The highest BCUT2D eigenvalue weighted by Crippen LogP contribution is 2.43. The predicted molar refractivity (Wildman–Crippen MR) is 139 cm³/mol. The van der Waals surface area contributed by atoms with Crippen LogP contribution in [-0.4, -0.2) is 36.1 Å². The Morgan fingerprint density at radius 3 is 2.74 bits per heavy atom. The van der Waals surface area contributed by atoms with Crippen LogP contribution in [0.3, 0.4) is 0 Å². The summed E-state index contributed by atoms with van der Waals surface area (Å²) in [5.41, 5.74) is 1.64. The minimum absolute atomic E-state index is 0.0528. The van der Waals surface area contributed by atoms with E-state index < -0.39 is 0 Å². The number of hydrogen-bond donors (Lipinski definition) is 1. The van der Waals surface area contributed by atoms with Crippen LogP contribution in [0.5, 0.6) is 11.5 Å². The molecule has 2 aliphatic rings. The largest absolute Gasteiger partial charge is 0.493 e. The monoisotopic (exact) mass is 541 g/mol. The van der Waals surface area contributed by atoms with E-state index in [1.54, 1.807) is 18.9 Å². The van der Waals surface area contributed by atoms with Gasteiger partial charge < -0.3 is 19.7 Å². The molecule has 2 aromatic carbocycles. The van der Waals surface area contributed by atoms with Crippen molar-refractivity contribution in [1.82, 2.24) is 4.90 Å². The lowest BCUT2D eigenvalue weighted by molar-refractivity contribution is -0.129. The lowest BCUT2D eigenvalue weighted by atomic mass is 9.85. The van der Waals surface area contributed by atoms with E-state index in [-0.39, 0.29) is 24.1 Å².